The SMILES string of the molecule is COC1=CC(=O)OC(C=Cc2cccc(O)c2)C1. The molecule has 0 aliphatic carbocycles. The van der Waals surface area contributed by atoms with E-state index in [-0.39, 0.29) is 11.9 Å². The maximum atomic E-state index is 11.3. The Kier molecular flexibility index (Phi) is 3.67. The Morgan fingerprint density at radius 3 is 3.06 bits per heavy atom. The number of hydrogen-bond donors (Lipinski definition) is 1. The van der Waals surface area contributed by atoms with Crippen molar-refractivity contribution < 1.29 is 19.4 Å². The highest BCUT2D eigenvalue weighted by molar-refractivity contribution is 5.83. The van der Waals surface area contributed by atoms with Crippen molar-refractivity contribution in [3.05, 3.63) is 47.7 Å². The molecule has 1 aromatic rings. The van der Waals surface area contributed by atoms with Crippen molar-refractivity contribution in [1.29, 1.82) is 0 Å². The number of methoxy groups -OCH3 is 1. The highest BCUT2D eigenvalue weighted by atomic mass is 16.5. The molecule has 1 aliphatic heterocycles. The molecule has 0 bridgehead atoms. The number of hydrogen-bond acceptors (Lipinski definition) is 4. The Hall–Kier alpha value is -2.23. The summed E-state index contributed by atoms with van der Waals surface area (Å²) in [5.74, 6) is 0.413. The molecule has 1 atom stereocenters. The van der Waals surface area contributed by atoms with Crippen LogP contribution in [0, 0.1) is 0 Å². The Morgan fingerprint density at radius 2 is 2.33 bits per heavy atom. The minimum Gasteiger partial charge on any atom is -0.508 e. The first kappa shape index (κ1) is 12.2. The number of phenols is 1. The first-order valence-corrected chi connectivity index (χ1v) is 5.60. The van der Waals surface area contributed by atoms with E-state index in [1.54, 1.807) is 30.4 Å². The van der Waals surface area contributed by atoms with Crippen LogP contribution in [0.3, 0.4) is 0 Å². The summed E-state index contributed by atoms with van der Waals surface area (Å²) in [5, 5.41) is 9.32. The van der Waals surface area contributed by atoms with Crippen LogP contribution >= 0.6 is 0 Å². The van der Waals surface area contributed by atoms with Crippen LogP contribution in [-0.2, 0) is 14.3 Å². The number of esters is 1. The second kappa shape index (κ2) is 5.40. The molecule has 0 saturated heterocycles. The number of carbonyl (C=O) groups is 1. The third-order valence-corrected chi connectivity index (χ3v) is 2.58. The van der Waals surface area contributed by atoms with Crippen LogP contribution in [0.1, 0.15) is 12.0 Å². The first-order chi connectivity index (χ1) is 8.67. The molecule has 0 spiro atoms. The summed E-state index contributed by atoms with van der Waals surface area (Å²) in [6, 6.07) is 6.84. The molecule has 18 heavy (non-hydrogen) atoms. The molecule has 0 aromatic heterocycles. The zero-order valence-corrected chi connectivity index (χ0v) is 10.00. The van der Waals surface area contributed by atoms with Crippen LogP contribution in [0.25, 0.3) is 6.08 Å². The maximum absolute atomic E-state index is 11.3. The lowest BCUT2D eigenvalue weighted by Gasteiger charge is -2.19. The van der Waals surface area contributed by atoms with Crippen molar-refractivity contribution in [2.24, 2.45) is 0 Å². The van der Waals surface area contributed by atoms with Gasteiger partial charge in [-0.05, 0) is 23.8 Å². The van der Waals surface area contributed by atoms with E-state index in [4.69, 9.17) is 9.47 Å². The second-order valence-corrected chi connectivity index (χ2v) is 3.95. The van der Waals surface area contributed by atoms with Crippen molar-refractivity contribution >= 4 is 12.0 Å². The van der Waals surface area contributed by atoms with Crippen molar-refractivity contribution in [3.63, 3.8) is 0 Å². The number of aromatic hydroxyl groups is 1. The number of ether oxygens (including phenoxy) is 2. The first-order valence-electron chi connectivity index (χ1n) is 5.60. The minimum absolute atomic E-state index is 0.204. The summed E-state index contributed by atoms with van der Waals surface area (Å²) >= 11 is 0. The van der Waals surface area contributed by atoms with Crippen LogP contribution in [0.2, 0.25) is 0 Å². The third-order valence-electron chi connectivity index (χ3n) is 2.58. The molecule has 0 saturated carbocycles. The van der Waals surface area contributed by atoms with E-state index in [1.807, 2.05) is 6.07 Å². The lowest BCUT2D eigenvalue weighted by Crippen LogP contribution is -2.21. The summed E-state index contributed by atoms with van der Waals surface area (Å²) < 4.78 is 10.2. The number of rotatable bonds is 3. The Labute approximate surface area is 105 Å². The standard InChI is InChI=1S/C14H14O4/c1-17-13-8-12(18-14(16)9-13)6-5-10-3-2-4-11(15)7-10/h2-7,9,12,15H,8H2,1H3. The van der Waals surface area contributed by atoms with Gasteiger partial charge in [0.25, 0.3) is 0 Å². The van der Waals surface area contributed by atoms with Gasteiger partial charge in [-0.3, -0.25) is 0 Å². The smallest absolute Gasteiger partial charge is 0.334 e. The molecule has 94 valence electrons. The van der Waals surface area contributed by atoms with Gasteiger partial charge >= 0.3 is 5.97 Å². The monoisotopic (exact) mass is 246 g/mol. The van der Waals surface area contributed by atoms with Crippen LogP contribution in [-0.4, -0.2) is 24.3 Å². The van der Waals surface area contributed by atoms with Crippen LogP contribution < -0.4 is 0 Å². The fourth-order valence-corrected chi connectivity index (χ4v) is 1.71. The van der Waals surface area contributed by atoms with E-state index in [0.29, 0.717) is 12.2 Å². The van der Waals surface area contributed by atoms with Gasteiger partial charge in [0.15, 0.2) is 0 Å². The number of phenolic OH excluding ortho intramolecular Hbond substituents is 1. The van der Waals surface area contributed by atoms with Gasteiger partial charge in [-0.25, -0.2) is 4.79 Å². The van der Waals surface area contributed by atoms with Crippen molar-refractivity contribution in [1.82, 2.24) is 0 Å². The predicted octanol–water partition coefficient (Wildman–Crippen LogP) is 2.25. The molecule has 1 N–H and O–H groups in total. The quantitative estimate of drug-likeness (QED) is 0.831. The molecule has 4 nitrogen and oxygen atoms in total. The molecule has 0 fully saturated rings. The van der Waals surface area contributed by atoms with E-state index in [9.17, 15) is 9.90 Å². The van der Waals surface area contributed by atoms with Gasteiger partial charge in [0, 0.05) is 6.42 Å². The highest BCUT2D eigenvalue weighted by Gasteiger charge is 2.19. The highest BCUT2D eigenvalue weighted by Crippen LogP contribution is 2.19. The van der Waals surface area contributed by atoms with Crippen molar-refractivity contribution in [2.45, 2.75) is 12.5 Å². The van der Waals surface area contributed by atoms with Gasteiger partial charge in [-0.1, -0.05) is 18.2 Å². The minimum atomic E-state index is -0.399. The Bertz CT molecular complexity index is 502. The Balaban J connectivity index is 2.06. The van der Waals surface area contributed by atoms with Gasteiger partial charge in [0.05, 0.1) is 13.2 Å². The molecule has 4 heteroatoms. The van der Waals surface area contributed by atoms with Crippen molar-refractivity contribution in [3.8, 4) is 5.75 Å². The summed E-state index contributed by atoms with van der Waals surface area (Å²) in [5.41, 5.74) is 0.847. The predicted molar refractivity (Wildman–Crippen MR) is 66.7 cm³/mol. The zero-order chi connectivity index (χ0) is 13.0. The molecule has 0 amide bonds. The topological polar surface area (TPSA) is 55.8 Å². The lowest BCUT2D eigenvalue weighted by molar-refractivity contribution is -0.142. The van der Waals surface area contributed by atoms with E-state index >= 15 is 0 Å². The molecular formula is C14H14O4. The lowest BCUT2D eigenvalue weighted by atomic mass is 10.1. The Morgan fingerprint density at radius 1 is 1.50 bits per heavy atom. The molecule has 0 radical (unpaired) electrons. The van der Waals surface area contributed by atoms with E-state index in [2.05, 4.69) is 0 Å². The largest absolute Gasteiger partial charge is 0.508 e. The fraction of sp³-hybridized carbons (Fsp3) is 0.214. The zero-order valence-electron chi connectivity index (χ0n) is 10.00. The second-order valence-electron chi connectivity index (χ2n) is 3.95. The molecule has 1 aliphatic rings. The molecular weight excluding hydrogens is 232 g/mol. The van der Waals surface area contributed by atoms with Gasteiger partial charge < -0.3 is 14.6 Å². The normalized spacial score (nSPS) is 19.5. The number of benzene rings is 1. The van der Waals surface area contributed by atoms with E-state index in [1.165, 1.54) is 13.2 Å². The van der Waals surface area contributed by atoms with E-state index in [0.717, 1.165) is 5.56 Å². The number of cyclic esters (lactones) is 1. The number of carbonyl (C=O) groups excluding carboxylic acids is 1. The van der Waals surface area contributed by atoms with Crippen LogP contribution in [0.15, 0.2) is 42.2 Å². The average molecular weight is 246 g/mol. The fourth-order valence-electron chi connectivity index (χ4n) is 1.71. The van der Waals surface area contributed by atoms with E-state index < -0.39 is 5.97 Å². The molecule has 1 heterocycles. The average Bonchev–Trinajstić information content (AvgIpc) is 2.36. The molecule has 1 aromatic carbocycles. The summed E-state index contributed by atoms with van der Waals surface area (Å²) in [7, 11) is 1.53. The van der Waals surface area contributed by atoms with Gasteiger partial charge in [0.1, 0.15) is 17.6 Å². The third kappa shape index (κ3) is 3.13. The van der Waals surface area contributed by atoms with Gasteiger partial charge in [0.2, 0.25) is 0 Å². The van der Waals surface area contributed by atoms with Crippen LogP contribution in [0.4, 0.5) is 0 Å². The summed E-state index contributed by atoms with van der Waals surface area (Å²) in [6.45, 7) is 0. The molecule has 2 rings (SSSR count). The molecule has 1 unspecified atom stereocenters. The van der Waals surface area contributed by atoms with Crippen LogP contribution in [0.5, 0.6) is 5.75 Å². The van der Waals surface area contributed by atoms with Crippen molar-refractivity contribution in [2.75, 3.05) is 7.11 Å². The van der Waals surface area contributed by atoms with Gasteiger partial charge in [-0.15, -0.1) is 0 Å². The summed E-state index contributed by atoms with van der Waals surface area (Å²) in [6.07, 6.45) is 5.12. The maximum Gasteiger partial charge on any atom is 0.334 e. The van der Waals surface area contributed by atoms with Gasteiger partial charge in [-0.2, -0.15) is 0 Å². The summed E-state index contributed by atoms with van der Waals surface area (Å²) in [4.78, 5) is 11.3.